The summed E-state index contributed by atoms with van der Waals surface area (Å²) < 4.78 is 2.13. The Morgan fingerprint density at radius 1 is 0.341 bits per heavy atom. The fraction of sp³-hybridized carbons (Fsp3) is 0. The molecule has 0 aliphatic rings. The molecule has 7 aromatic rings. The van der Waals surface area contributed by atoms with Gasteiger partial charge in [-0.2, -0.15) is 0 Å². The topological polar surface area (TPSA) is 0 Å². The molecular weight excluding hydrogens is 664 g/mol. The number of fused-ring (bicyclic) bond motifs is 2. The van der Waals surface area contributed by atoms with E-state index in [2.05, 4.69) is 202 Å². The summed E-state index contributed by atoms with van der Waals surface area (Å²) in [4.78, 5) is 0. The molecule has 0 unspecified atom stereocenters. The average molecular weight is 692 g/mol. The second-order valence-corrected chi connectivity index (χ2v) is 12.6. The molecule has 0 amide bonds. The summed E-state index contributed by atoms with van der Waals surface area (Å²) in [7, 11) is 0. The Bertz CT molecular complexity index is 1960. The lowest BCUT2D eigenvalue weighted by atomic mass is 9.87. The summed E-state index contributed by atoms with van der Waals surface area (Å²) in [6.45, 7) is 0. The Hall–Kier alpha value is -4.50. The average Bonchev–Trinajstić information content (AvgIpc) is 3.07. The highest BCUT2D eigenvalue weighted by molar-refractivity contribution is 9.10. The van der Waals surface area contributed by atoms with Crippen molar-refractivity contribution in [1.29, 1.82) is 0 Å². The van der Waals surface area contributed by atoms with Crippen molar-refractivity contribution in [1.82, 2.24) is 0 Å². The van der Waals surface area contributed by atoms with Crippen LogP contribution in [0.2, 0.25) is 0 Å². The summed E-state index contributed by atoms with van der Waals surface area (Å²) in [5.41, 5.74) is 9.51. The molecule has 0 nitrogen and oxygen atoms in total. The number of hydrogen-bond donors (Lipinski definition) is 0. The predicted octanol–water partition coefficient (Wildman–Crippen LogP) is 12.7. The molecule has 0 heterocycles. The van der Waals surface area contributed by atoms with Gasteiger partial charge in [0.2, 0.25) is 0 Å². The number of halogens is 2. The lowest BCUT2D eigenvalue weighted by molar-refractivity contribution is 1.53. The minimum atomic E-state index is 1.06. The normalized spacial score (nSPS) is 12.1. The fourth-order valence-corrected chi connectivity index (χ4v) is 6.81. The van der Waals surface area contributed by atoms with Crippen LogP contribution in [0.25, 0.3) is 44.8 Å². The van der Waals surface area contributed by atoms with Crippen LogP contribution in [0.4, 0.5) is 0 Å². The lowest BCUT2D eigenvalue weighted by Gasteiger charge is -2.17. The van der Waals surface area contributed by atoms with Crippen molar-refractivity contribution in [3.63, 3.8) is 0 Å². The zero-order chi connectivity index (χ0) is 29.9. The van der Waals surface area contributed by atoms with Gasteiger partial charge in [-0.15, -0.1) is 0 Å². The van der Waals surface area contributed by atoms with Gasteiger partial charge >= 0.3 is 0 Å². The smallest absolute Gasteiger partial charge is 0.0181 e. The molecule has 44 heavy (non-hydrogen) atoms. The first-order valence-electron chi connectivity index (χ1n) is 14.7. The molecule has 0 saturated carbocycles. The first-order chi connectivity index (χ1) is 21.7. The van der Waals surface area contributed by atoms with E-state index in [0.717, 1.165) is 8.95 Å². The zero-order valence-corrected chi connectivity index (χ0v) is 27.1. The van der Waals surface area contributed by atoms with Crippen LogP contribution in [-0.2, 0) is 0 Å². The van der Waals surface area contributed by atoms with Crippen LogP contribution in [0.1, 0.15) is 33.4 Å². The van der Waals surface area contributed by atoms with Crippen LogP contribution in [-0.4, -0.2) is 0 Å². The largest absolute Gasteiger partial charge is 0.0622 e. The molecule has 210 valence electrons. The van der Waals surface area contributed by atoms with E-state index in [4.69, 9.17) is 0 Å². The van der Waals surface area contributed by atoms with Crippen molar-refractivity contribution in [2.75, 3.05) is 0 Å². The molecule has 0 N–H and O–H groups in total. The van der Waals surface area contributed by atoms with Gasteiger partial charge < -0.3 is 0 Å². The maximum absolute atomic E-state index is 3.71. The summed E-state index contributed by atoms with van der Waals surface area (Å²) in [5, 5.41) is 4.90. The van der Waals surface area contributed by atoms with E-state index in [1.54, 1.807) is 0 Å². The Labute approximate surface area is 275 Å². The highest BCUT2D eigenvalue weighted by Crippen LogP contribution is 2.39. The molecule has 2 heteroatoms. The van der Waals surface area contributed by atoms with Crippen molar-refractivity contribution >= 4 is 76.7 Å². The molecule has 0 aromatic heterocycles. The van der Waals surface area contributed by atoms with Gasteiger partial charge in [0.15, 0.2) is 0 Å². The third kappa shape index (κ3) is 5.71. The van der Waals surface area contributed by atoms with Gasteiger partial charge in [-0.05, 0) is 102 Å². The van der Waals surface area contributed by atoms with Crippen molar-refractivity contribution < 1.29 is 0 Å². The van der Waals surface area contributed by atoms with Crippen LogP contribution >= 0.6 is 31.9 Å². The molecule has 7 rings (SSSR count). The Kier molecular flexibility index (Phi) is 8.11. The van der Waals surface area contributed by atoms with E-state index in [0.29, 0.717) is 0 Å². The van der Waals surface area contributed by atoms with Gasteiger partial charge in [0.25, 0.3) is 0 Å². The highest BCUT2D eigenvalue weighted by Gasteiger charge is 2.15. The number of rotatable bonds is 6. The number of benzene rings is 7. The van der Waals surface area contributed by atoms with E-state index in [1.165, 1.54) is 66.1 Å². The van der Waals surface area contributed by atoms with Gasteiger partial charge in [0.05, 0.1) is 0 Å². The van der Waals surface area contributed by atoms with Crippen molar-refractivity contribution in [3.05, 3.63) is 200 Å². The van der Waals surface area contributed by atoms with Gasteiger partial charge in [0.1, 0.15) is 0 Å². The second-order valence-electron chi connectivity index (χ2n) is 10.8. The maximum Gasteiger partial charge on any atom is 0.0181 e. The van der Waals surface area contributed by atoms with Crippen LogP contribution in [0.15, 0.2) is 167 Å². The molecule has 0 atom stereocenters. The van der Waals surface area contributed by atoms with Crippen molar-refractivity contribution in [3.8, 4) is 0 Å². The lowest BCUT2D eigenvalue weighted by Crippen LogP contribution is -1.94. The second kappa shape index (κ2) is 12.6. The quantitative estimate of drug-likeness (QED) is 0.120. The predicted molar refractivity (Wildman–Crippen MR) is 197 cm³/mol. The van der Waals surface area contributed by atoms with Crippen LogP contribution in [0, 0.1) is 0 Å². The Morgan fingerprint density at radius 2 is 0.659 bits per heavy atom. The van der Waals surface area contributed by atoms with E-state index in [1.807, 2.05) is 0 Å². The van der Waals surface area contributed by atoms with E-state index < -0.39 is 0 Å². The molecule has 0 aliphatic carbocycles. The number of hydrogen-bond acceptors (Lipinski definition) is 0. The minimum absolute atomic E-state index is 1.06. The molecule has 0 fully saturated rings. The first-order valence-corrected chi connectivity index (χ1v) is 16.2. The highest BCUT2D eigenvalue weighted by atomic mass is 79.9. The Morgan fingerprint density at radius 3 is 1.00 bits per heavy atom. The summed E-state index contributed by atoms with van der Waals surface area (Å²) >= 11 is 7.41. The van der Waals surface area contributed by atoms with Gasteiger partial charge in [-0.25, -0.2) is 0 Å². The molecular formula is C42H28Br2. The summed E-state index contributed by atoms with van der Waals surface area (Å²) in [5.74, 6) is 0. The monoisotopic (exact) mass is 690 g/mol. The molecule has 0 radical (unpaired) electrons. The first kappa shape index (κ1) is 28.3. The molecule has 0 spiro atoms. The maximum atomic E-state index is 3.71. The molecule has 0 saturated heterocycles. The van der Waals surface area contributed by atoms with Gasteiger partial charge in [-0.3, -0.25) is 0 Å². The van der Waals surface area contributed by atoms with Crippen molar-refractivity contribution in [2.45, 2.75) is 0 Å². The SMILES string of the molecule is Brc1cccc(C(=Cc2c3ccccc3c(C=C(c3ccccc3)c3cccc(Br)c3)c3ccccc23)c2ccccc2)c1. The summed E-state index contributed by atoms with van der Waals surface area (Å²) in [6, 6.07) is 56.1. The zero-order valence-electron chi connectivity index (χ0n) is 23.9. The van der Waals surface area contributed by atoms with E-state index in [-0.39, 0.29) is 0 Å². The molecule has 0 bridgehead atoms. The molecule has 7 aromatic carbocycles. The molecule has 0 aliphatic heterocycles. The van der Waals surface area contributed by atoms with E-state index in [9.17, 15) is 0 Å². The Balaban J connectivity index is 1.56. The van der Waals surface area contributed by atoms with Gasteiger partial charge in [0, 0.05) is 8.95 Å². The third-order valence-electron chi connectivity index (χ3n) is 8.03. The fourth-order valence-electron chi connectivity index (χ4n) is 6.01. The van der Waals surface area contributed by atoms with Crippen LogP contribution < -0.4 is 0 Å². The van der Waals surface area contributed by atoms with E-state index >= 15 is 0 Å². The minimum Gasteiger partial charge on any atom is -0.0622 e. The van der Waals surface area contributed by atoms with Crippen molar-refractivity contribution in [2.24, 2.45) is 0 Å². The van der Waals surface area contributed by atoms with Crippen LogP contribution in [0.3, 0.4) is 0 Å². The van der Waals surface area contributed by atoms with Gasteiger partial charge in [-0.1, -0.05) is 165 Å². The summed E-state index contributed by atoms with van der Waals surface area (Å²) in [6.07, 6.45) is 4.75. The van der Waals surface area contributed by atoms with Crippen LogP contribution in [0.5, 0.6) is 0 Å². The third-order valence-corrected chi connectivity index (χ3v) is 9.02. The standard InChI is InChI=1S/C42H28Br2/c43-33-19-11-17-31(25-33)39(29-13-3-1-4-14-29)27-41-35-21-7-9-23-37(35)42(38-24-10-8-22-36(38)41)28-40(30-15-5-2-6-16-30)32-18-12-20-34(44)26-32/h1-28H.